The molecule has 1 heterocycles. The topological polar surface area (TPSA) is 42.0 Å². The highest BCUT2D eigenvalue weighted by molar-refractivity contribution is 5.82. The van der Waals surface area contributed by atoms with Crippen LogP contribution in [0.25, 0.3) is 0 Å². The van der Waals surface area contributed by atoms with Gasteiger partial charge < -0.3 is 19.3 Å². The fourth-order valence-electron chi connectivity index (χ4n) is 3.63. The monoisotopic (exact) mass is 368 g/mol. The summed E-state index contributed by atoms with van der Waals surface area (Å²) in [6.45, 7) is 5.89. The Hall–Kier alpha value is -2.69. The zero-order valence-corrected chi connectivity index (χ0v) is 16.8. The molecule has 2 aromatic carbocycles. The van der Waals surface area contributed by atoms with E-state index >= 15 is 0 Å². The van der Waals surface area contributed by atoms with Crippen molar-refractivity contribution < 1.29 is 14.3 Å². The van der Waals surface area contributed by atoms with E-state index in [9.17, 15) is 4.79 Å². The van der Waals surface area contributed by atoms with Gasteiger partial charge in [0.05, 0.1) is 20.8 Å². The number of carbonyl (C=O) groups excluding carboxylic acids is 1. The maximum absolute atomic E-state index is 12.9. The number of amides is 1. The first-order chi connectivity index (χ1) is 12.9. The number of fused-ring (bicyclic) bond motifs is 1. The molecule has 0 fully saturated rings. The van der Waals surface area contributed by atoms with Gasteiger partial charge in [-0.1, -0.05) is 12.1 Å². The number of ether oxygens (including phenoxy) is 2. The van der Waals surface area contributed by atoms with Crippen LogP contribution in [0.5, 0.6) is 11.5 Å². The quantitative estimate of drug-likeness (QED) is 0.812. The van der Waals surface area contributed by atoms with Gasteiger partial charge in [-0.25, -0.2) is 0 Å². The first-order valence-corrected chi connectivity index (χ1v) is 9.23. The number of nitrogens with zero attached hydrogens (tertiary/aromatic N) is 2. The van der Waals surface area contributed by atoms with E-state index in [-0.39, 0.29) is 5.91 Å². The lowest BCUT2D eigenvalue weighted by molar-refractivity contribution is -0.130. The van der Waals surface area contributed by atoms with Gasteiger partial charge in [-0.3, -0.25) is 4.79 Å². The molecule has 1 amide bonds. The van der Waals surface area contributed by atoms with Gasteiger partial charge in [0.15, 0.2) is 11.5 Å². The van der Waals surface area contributed by atoms with Crippen LogP contribution < -0.4 is 14.4 Å². The fourth-order valence-corrected chi connectivity index (χ4v) is 3.63. The Bertz CT molecular complexity index is 848. The molecule has 0 spiro atoms. The molecule has 0 N–H and O–H groups in total. The summed E-state index contributed by atoms with van der Waals surface area (Å²) in [5.41, 5.74) is 5.90. The summed E-state index contributed by atoms with van der Waals surface area (Å²) in [6, 6.07) is 10.2. The highest BCUT2D eigenvalue weighted by atomic mass is 16.5. The van der Waals surface area contributed by atoms with Crippen molar-refractivity contribution in [3.05, 3.63) is 52.6 Å². The molecular weight excluding hydrogens is 340 g/mol. The summed E-state index contributed by atoms with van der Waals surface area (Å²) < 4.78 is 10.8. The Kier molecular flexibility index (Phi) is 5.59. The second-order valence-electron chi connectivity index (χ2n) is 7.12. The lowest BCUT2D eigenvalue weighted by Crippen LogP contribution is -2.42. The average molecular weight is 368 g/mol. The van der Waals surface area contributed by atoms with Gasteiger partial charge in [-0.2, -0.15) is 0 Å². The number of anilines is 1. The van der Waals surface area contributed by atoms with Crippen molar-refractivity contribution in [2.75, 3.05) is 39.3 Å². The summed E-state index contributed by atoms with van der Waals surface area (Å²) in [4.78, 5) is 16.9. The first-order valence-electron chi connectivity index (χ1n) is 9.23. The van der Waals surface area contributed by atoms with Crippen molar-refractivity contribution in [1.29, 1.82) is 0 Å². The molecular formula is C22H28N2O3. The molecule has 2 aromatic rings. The summed E-state index contributed by atoms with van der Waals surface area (Å²) in [7, 11) is 5.26. The minimum atomic E-state index is 0.138. The third kappa shape index (κ3) is 3.87. The van der Waals surface area contributed by atoms with Crippen LogP contribution in [0, 0.1) is 13.8 Å². The molecule has 3 rings (SSSR count). The lowest BCUT2D eigenvalue weighted by Gasteiger charge is -2.32. The van der Waals surface area contributed by atoms with E-state index in [1.807, 2.05) is 35.0 Å². The third-order valence-corrected chi connectivity index (χ3v) is 5.43. The largest absolute Gasteiger partial charge is 0.493 e. The Morgan fingerprint density at radius 3 is 2.44 bits per heavy atom. The van der Waals surface area contributed by atoms with Crippen molar-refractivity contribution in [2.45, 2.75) is 26.8 Å². The van der Waals surface area contributed by atoms with Crippen LogP contribution in [0.15, 0.2) is 30.3 Å². The maximum Gasteiger partial charge on any atom is 0.242 e. The predicted molar refractivity (Wildman–Crippen MR) is 108 cm³/mol. The Balaban J connectivity index is 1.73. The maximum atomic E-state index is 12.9. The van der Waals surface area contributed by atoms with E-state index in [2.05, 4.69) is 26.0 Å². The van der Waals surface area contributed by atoms with Crippen LogP contribution >= 0.6 is 0 Å². The highest BCUT2D eigenvalue weighted by Crippen LogP contribution is 2.33. The molecule has 1 aliphatic heterocycles. The molecule has 0 aromatic heterocycles. The van der Waals surface area contributed by atoms with E-state index in [1.54, 1.807) is 14.2 Å². The smallest absolute Gasteiger partial charge is 0.242 e. The number of rotatable bonds is 5. The molecule has 0 radical (unpaired) electrons. The molecule has 0 unspecified atom stereocenters. The van der Waals surface area contributed by atoms with E-state index in [1.165, 1.54) is 16.7 Å². The number of hydrogen-bond acceptors (Lipinski definition) is 4. The number of aryl methyl sites for hydroxylation is 1. The number of carbonyl (C=O) groups is 1. The van der Waals surface area contributed by atoms with Crippen molar-refractivity contribution in [3.8, 4) is 11.5 Å². The standard InChI is InChI=1S/C22H28N2O3/c1-15-7-6-8-19(16(15)2)23(3)14-22(25)24-10-9-17-11-20(26-4)21(27-5)12-18(17)13-24/h6-8,11-12H,9-10,13-14H2,1-5H3. The van der Waals surface area contributed by atoms with Crippen LogP contribution in [-0.2, 0) is 17.8 Å². The Labute approximate surface area is 161 Å². The summed E-state index contributed by atoms with van der Waals surface area (Å²) in [5.74, 6) is 1.59. The normalized spacial score (nSPS) is 13.1. The van der Waals surface area contributed by atoms with Crippen LogP contribution in [0.3, 0.4) is 0 Å². The van der Waals surface area contributed by atoms with E-state index in [4.69, 9.17) is 9.47 Å². The second kappa shape index (κ2) is 7.91. The van der Waals surface area contributed by atoms with Crippen LogP contribution in [0.4, 0.5) is 5.69 Å². The molecule has 1 aliphatic rings. The van der Waals surface area contributed by atoms with Gasteiger partial charge in [0.25, 0.3) is 0 Å². The van der Waals surface area contributed by atoms with E-state index < -0.39 is 0 Å². The number of benzene rings is 2. The van der Waals surface area contributed by atoms with Crippen molar-refractivity contribution in [2.24, 2.45) is 0 Å². The Morgan fingerprint density at radius 2 is 1.78 bits per heavy atom. The van der Waals surface area contributed by atoms with E-state index in [0.717, 1.165) is 30.0 Å². The first kappa shape index (κ1) is 19.1. The van der Waals surface area contributed by atoms with E-state index in [0.29, 0.717) is 18.8 Å². The molecule has 5 nitrogen and oxygen atoms in total. The molecule has 0 saturated carbocycles. The van der Waals surface area contributed by atoms with Crippen molar-refractivity contribution in [1.82, 2.24) is 4.90 Å². The Morgan fingerprint density at radius 1 is 1.11 bits per heavy atom. The third-order valence-electron chi connectivity index (χ3n) is 5.43. The van der Waals surface area contributed by atoms with Crippen LogP contribution in [0.2, 0.25) is 0 Å². The minimum Gasteiger partial charge on any atom is -0.493 e. The van der Waals surface area contributed by atoms with Gasteiger partial charge in [0, 0.05) is 25.8 Å². The summed E-state index contributed by atoms with van der Waals surface area (Å²) in [5, 5.41) is 0. The molecule has 144 valence electrons. The minimum absolute atomic E-state index is 0.138. The number of hydrogen-bond donors (Lipinski definition) is 0. The average Bonchev–Trinajstić information content (AvgIpc) is 2.68. The molecule has 0 bridgehead atoms. The molecule has 0 atom stereocenters. The molecule has 0 saturated heterocycles. The van der Waals surface area contributed by atoms with Crippen molar-refractivity contribution in [3.63, 3.8) is 0 Å². The van der Waals surface area contributed by atoms with Gasteiger partial charge in [0.2, 0.25) is 5.91 Å². The summed E-state index contributed by atoms with van der Waals surface area (Å²) in [6.07, 6.45) is 0.828. The zero-order chi connectivity index (χ0) is 19.6. The molecule has 0 aliphatic carbocycles. The molecule has 5 heteroatoms. The van der Waals surface area contributed by atoms with Gasteiger partial charge >= 0.3 is 0 Å². The number of methoxy groups -OCH3 is 2. The lowest BCUT2D eigenvalue weighted by atomic mass is 9.98. The second-order valence-corrected chi connectivity index (χ2v) is 7.12. The van der Waals surface area contributed by atoms with Gasteiger partial charge in [0.1, 0.15) is 0 Å². The van der Waals surface area contributed by atoms with Gasteiger partial charge in [-0.05, 0) is 60.7 Å². The SMILES string of the molecule is COc1cc2c(cc1OC)CN(C(=O)CN(C)c1cccc(C)c1C)CC2. The zero-order valence-electron chi connectivity index (χ0n) is 16.8. The fraction of sp³-hybridized carbons (Fsp3) is 0.409. The van der Waals surface area contributed by atoms with Crippen LogP contribution in [-0.4, -0.2) is 45.2 Å². The predicted octanol–water partition coefficient (Wildman–Crippen LogP) is 3.34. The van der Waals surface area contributed by atoms with Gasteiger partial charge in [-0.15, -0.1) is 0 Å². The highest BCUT2D eigenvalue weighted by Gasteiger charge is 2.24. The van der Waals surface area contributed by atoms with Crippen molar-refractivity contribution >= 4 is 11.6 Å². The van der Waals surface area contributed by atoms with Crippen LogP contribution in [0.1, 0.15) is 22.3 Å². The number of likely N-dealkylation sites (N-methyl/N-ethyl adjacent to an activating group) is 1. The molecule has 27 heavy (non-hydrogen) atoms. The summed E-state index contributed by atoms with van der Waals surface area (Å²) >= 11 is 0.